The van der Waals surface area contributed by atoms with Crippen LogP contribution in [0.2, 0.25) is 0 Å². The third-order valence-corrected chi connectivity index (χ3v) is 3.44. The molecule has 118 valence electrons. The Kier molecular flexibility index (Phi) is 3.43. The largest absolute Gasteiger partial charge is 0.442 e. The molecule has 1 aromatic carbocycles. The Morgan fingerprint density at radius 2 is 1.96 bits per heavy atom. The zero-order valence-electron chi connectivity index (χ0n) is 12.4. The second-order valence-electron chi connectivity index (χ2n) is 4.94. The normalized spacial score (nSPS) is 10.8. The Morgan fingerprint density at radius 3 is 2.75 bits per heavy atom. The molecule has 0 unspecified atom stereocenters. The third-order valence-electron chi connectivity index (χ3n) is 3.44. The van der Waals surface area contributed by atoms with Crippen LogP contribution in [0.25, 0.3) is 17.1 Å². The Morgan fingerprint density at radius 1 is 1.08 bits per heavy atom. The van der Waals surface area contributed by atoms with Gasteiger partial charge in [-0.25, -0.2) is 9.36 Å². The van der Waals surface area contributed by atoms with Crippen LogP contribution in [0.1, 0.15) is 5.82 Å². The van der Waals surface area contributed by atoms with E-state index in [-0.39, 0.29) is 6.54 Å². The molecule has 9 nitrogen and oxygen atoms in total. The molecule has 0 spiro atoms. The van der Waals surface area contributed by atoms with Gasteiger partial charge in [0.1, 0.15) is 0 Å². The molecule has 3 heterocycles. The van der Waals surface area contributed by atoms with Crippen LogP contribution in [0.4, 0.5) is 0 Å². The highest BCUT2D eigenvalue weighted by atomic mass is 16.5. The number of hydrogen-bond donors (Lipinski definition) is 0. The number of aromatic nitrogens is 7. The van der Waals surface area contributed by atoms with E-state index in [9.17, 15) is 4.79 Å². The maximum absolute atomic E-state index is 12.0. The summed E-state index contributed by atoms with van der Waals surface area (Å²) in [4.78, 5) is 16.1. The van der Waals surface area contributed by atoms with Crippen molar-refractivity contribution in [2.24, 2.45) is 0 Å². The lowest BCUT2D eigenvalue weighted by atomic mass is 10.2. The average molecular weight is 321 g/mol. The molecule has 0 saturated carbocycles. The van der Waals surface area contributed by atoms with Crippen LogP contribution in [0, 0.1) is 0 Å². The molecule has 0 amide bonds. The number of rotatable bonds is 4. The Labute approximate surface area is 135 Å². The molecular weight excluding hydrogens is 310 g/mol. The van der Waals surface area contributed by atoms with Gasteiger partial charge < -0.3 is 0 Å². The van der Waals surface area contributed by atoms with Gasteiger partial charge in [-0.1, -0.05) is 23.4 Å². The van der Waals surface area contributed by atoms with Crippen LogP contribution in [-0.2, 0) is 6.54 Å². The van der Waals surface area contributed by atoms with Crippen LogP contribution in [0.15, 0.2) is 64.2 Å². The number of nitrogens with zero attached hydrogens (tertiary/aromatic N) is 7. The Bertz CT molecular complexity index is 1010. The molecule has 4 rings (SSSR count). The summed E-state index contributed by atoms with van der Waals surface area (Å²) in [5.74, 6) is 0.267. The van der Waals surface area contributed by atoms with Gasteiger partial charge in [-0.3, -0.25) is 9.51 Å². The molecule has 4 aromatic rings. The van der Waals surface area contributed by atoms with E-state index in [1.807, 2.05) is 30.3 Å². The lowest BCUT2D eigenvalue weighted by Crippen LogP contribution is -2.19. The van der Waals surface area contributed by atoms with E-state index < -0.39 is 5.76 Å². The molecule has 0 saturated heterocycles. The molecule has 0 aliphatic rings. The highest BCUT2D eigenvalue weighted by Crippen LogP contribution is 2.15. The fraction of sp³-hybridized carbons (Fsp3) is 0.0667. The van der Waals surface area contributed by atoms with Crippen molar-refractivity contribution in [3.8, 4) is 17.1 Å². The van der Waals surface area contributed by atoms with Crippen LogP contribution >= 0.6 is 0 Å². The summed E-state index contributed by atoms with van der Waals surface area (Å²) in [5, 5.41) is 15.5. The summed E-state index contributed by atoms with van der Waals surface area (Å²) >= 11 is 0. The van der Waals surface area contributed by atoms with Crippen molar-refractivity contribution >= 4 is 0 Å². The van der Waals surface area contributed by atoms with Crippen molar-refractivity contribution in [2.75, 3.05) is 0 Å². The number of para-hydroxylation sites is 1. The zero-order chi connectivity index (χ0) is 16.4. The maximum Gasteiger partial charge on any atom is 0.442 e. The van der Waals surface area contributed by atoms with Crippen LogP contribution in [0.5, 0.6) is 0 Å². The molecule has 0 atom stereocenters. The summed E-state index contributed by atoms with van der Waals surface area (Å²) in [6.07, 6.45) is 3.25. The van der Waals surface area contributed by atoms with Crippen molar-refractivity contribution < 1.29 is 4.52 Å². The van der Waals surface area contributed by atoms with Gasteiger partial charge in [0.15, 0.2) is 11.6 Å². The fourth-order valence-electron chi connectivity index (χ4n) is 2.33. The van der Waals surface area contributed by atoms with Gasteiger partial charge in [-0.2, -0.15) is 4.68 Å². The Hall–Kier alpha value is -3.62. The molecule has 24 heavy (non-hydrogen) atoms. The van der Waals surface area contributed by atoms with Gasteiger partial charge in [-0.05, 0) is 34.7 Å². The topological polar surface area (TPSA) is 105 Å². The first kappa shape index (κ1) is 14.0. The van der Waals surface area contributed by atoms with Crippen LogP contribution in [-0.4, -0.2) is 34.9 Å². The standard InChI is InChI=1S/C15H11N7O2/c23-15-21(14(18-24-15)11-5-4-8-16-9-11)10-13-17-19-20-22(13)12-6-2-1-3-7-12/h1-9H,10H2. The van der Waals surface area contributed by atoms with Crippen molar-refractivity contribution in [1.82, 2.24) is 34.9 Å². The second-order valence-corrected chi connectivity index (χ2v) is 4.94. The van der Waals surface area contributed by atoms with Crippen molar-refractivity contribution in [2.45, 2.75) is 6.54 Å². The predicted octanol–water partition coefficient (Wildman–Crippen LogP) is 0.922. The lowest BCUT2D eigenvalue weighted by molar-refractivity contribution is 0.377. The van der Waals surface area contributed by atoms with Gasteiger partial charge in [0.25, 0.3) is 0 Å². The first-order valence-corrected chi connectivity index (χ1v) is 7.12. The molecule has 0 N–H and O–H groups in total. The van der Waals surface area contributed by atoms with Crippen LogP contribution in [0.3, 0.4) is 0 Å². The maximum atomic E-state index is 12.0. The SMILES string of the molecule is O=c1onc(-c2cccnc2)n1Cc1nnnn1-c1ccccc1. The van der Waals surface area contributed by atoms with Gasteiger partial charge in [0.05, 0.1) is 12.2 Å². The molecule has 0 radical (unpaired) electrons. The molecule has 0 bridgehead atoms. The number of hydrogen-bond acceptors (Lipinski definition) is 7. The first-order valence-electron chi connectivity index (χ1n) is 7.12. The van der Waals surface area contributed by atoms with Crippen molar-refractivity contribution in [1.29, 1.82) is 0 Å². The van der Waals surface area contributed by atoms with Crippen LogP contribution < -0.4 is 5.76 Å². The average Bonchev–Trinajstić information content (AvgIpc) is 3.24. The van der Waals surface area contributed by atoms with E-state index in [0.717, 1.165) is 5.69 Å². The number of benzene rings is 1. The predicted molar refractivity (Wildman–Crippen MR) is 82.3 cm³/mol. The monoisotopic (exact) mass is 321 g/mol. The number of tetrazole rings is 1. The summed E-state index contributed by atoms with van der Waals surface area (Å²) < 4.78 is 7.72. The third kappa shape index (κ3) is 2.47. The summed E-state index contributed by atoms with van der Waals surface area (Å²) in [5.41, 5.74) is 1.46. The zero-order valence-corrected chi connectivity index (χ0v) is 12.4. The quantitative estimate of drug-likeness (QED) is 0.550. The molecular formula is C15H11N7O2. The number of pyridine rings is 1. The van der Waals surface area contributed by atoms with E-state index >= 15 is 0 Å². The van der Waals surface area contributed by atoms with Crippen molar-refractivity contribution in [3.05, 3.63) is 71.2 Å². The van der Waals surface area contributed by atoms with E-state index in [0.29, 0.717) is 17.2 Å². The van der Waals surface area contributed by atoms with E-state index in [1.54, 1.807) is 29.2 Å². The van der Waals surface area contributed by atoms with Gasteiger partial charge >= 0.3 is 5.76 Å². The summed E-state index contributed by atoms with van der Waals surface area (Å²) in [7, 11) is 0. The lowest BCUT2D eigenvalue weighted by Gasteiger charge is -2.05. The second kappa shape index (κ2) is 5.88. The Balaban J connectivity index is 1.75. The van der Waals surface area contributed by atoms with E-state index in [4.69, 9.17) is 4.52 Å². The van der Waals surface area contributed by atoms with Gasteiger partial charge in [-0.15, -0.1) is 5.10 Å². The van der Waals surface area contributed by atoms with Gasteiger partial charge in [0, 0.05) is 18.0 Å². The highest BCUT2D eigenvalue weighted by Gasteiger charge is 2.17. The first-order chi connectivity index (χ1) is 11.8. The molecule has 0 fully saturated rings. The minimum absolute atomic E-state index is 0.119. The summed E-state index contributed by atoms with van der Waals surface area (Å²) in [6.45, 7) is 0.119. The van der Waals surface area contributed by atoms with E-state index in [1.165, 1.54) is 4.57 Å². The smallest absolute Gasteiger partial charge is 0.295 e. The highest BCUT2D eigenvalue weighted by molar-refractivity contribution is 5.52. The van der Waals surface area contributed by atoms with Gasteiger partial charge in [0.2, 0.25) is 0 Å². The minimum atomic E-state index is -0.587. The molecule has 9 heteroatoms. The summed E-state index contributed by atoms with van der Waals surface area (Å²) in [6, 6.07) is 13.0. The molecule has 0 aliphatic carbocycles. The van der Waals surface area contributed by atoms with E-state index in [2.05, 4.69) is 25.7 Å². The fourth-order valence-corrected chi connectivity index (χ4v) is 2.33. The molecule has 3 aromatic heterocycles. The van der Waals surface area contributed by atoms with Crippen molar-refractivity contribution in [3.63, 3.8) is 0 Å². The molecule has 0 aliphatic heterocycles. The minimum Gasteiger partial charge on any atom is -0.295 e.